The van der Waals surface area contributed by atoms with Crippen LogP contribution in [0.5, 0.6) is 0 Å². The molecule has 2 N–H and O–H groups in total. The normalized spacial score (nSPS) is 24.7. The summed E-state index contributed by atoms with van der Waals surface area (Å²) in [4.78, 5) is 15.7. The van der Waals surface area contributed by atoms with Gasteiger partial charge < -0.3 is 15.4 Å². The highest BCUT2D eigenvalue weighted by molar-refractivity contribution is 6.02. The number of aromatic nitrogens is 1. The van der Waals surface area contributed by atoms with Gasteiger partial charge in [-0.1, -0.05) is 12.1 Å². The van der Waals surface area contributed by atoms with Crippen LogP contribution in [0.4, 0.5) is 18.9 Å². The lowest BCUT2D eigenvalue weighted by Crippen LogP contribution is -2.33. The number of nitrogens with zero attached hydrogens (tertiary/aromatic N) is 1. The topological polar surface area (TPSA) is 63.2 Å². The maximum absolute atomic E-state index is 12.5. The number of carbonyl (C=O) groups is 1. The average Bonchev–Trinajstić information content (AvgIpc) is 3.25. The molecule has 4 rings (SSSR count). The van der Waals surface area contributed by atoms with Gasteiger partial charge in [0.05, 0.1) is 17.8 Å². The van der Waals surface area contributed by atoms with Crippen LogP contribution in [0.1, 0.15) is 34.1 Å². The molecule has 136 valence electrons. The van der Waals surface area contributed by atoms with E-state index in [4.69, 9.17) is 4.74 Å². The van der Waals surface area contributed by atoms with Gasteiger partial charge in [-0.05, 0) is 36.2 Å². The number of carbonyl (C=O) groups excluding carboxylic acids is 1. The summed E-state index contributed by atoms with van der Waals surface area (Å²) in [5, 5.41) is 6.03. The van der Waals surface area contributed by atoms with E-state index in [1.54, 1.807) is 12.1 Å². The molecule has 1 aromatic carbocycles. The third-order valence-corrected chi connectivity index (χ3v) is 4.65. The van der Waals surface area contributed by atoms with Gasteiger partial charge in [0.2, 0.25) is 0 Å². The summed E-state index contributed by atoms with van der Waals surface area (Å²) in [6.07, 6.45) is -2.56. The van der Waals surface area contributed by atoms with Gasteiger partial charge in [-0.15, -0.1) is 0 Å². The van der Waals surface area contributed by atoms with Crippen molar-refractivity contribution in [1.29, 1.82) is 0 Å². The molecule has 3 unspecified atom stereocenters. The van der Waals surface area contributed by atoms with E-state index in [9.17, 15) is 18.0 Å². The molecule has 2 saturated heterocycles. The van der Waals surface area contributed by atoms with Gasteiger partial charge >= 0.3 is 6.18 Å². The van der Waals surface area contributed by atoms with E-state index in [0.29, 0.717) is 17.9 Å². The van der Waals surface area contributed by atoms with Crippen LogP contribution in [-0.4, -0.2) is 29.6 Å². The quantitative estimate of drug-likeness (QED) is 0.879. The van der Waals surface area contributed by atoms with Crippen LogP contribution in [0.25, 0.3) is 0 Å². The number of anilines is 1. The molecule has 3 atom stereocenters. The molecule has 0 spiro atoms. The zero-order valence-electron chi connectivity index (χ0n) is 13.6. The summed E-state index contributed by atoms with van der Waals surface area (Å²) in [6.45, 7) is 0.884. The average molecular weight is 363 g/mol. The Balaban J connectivity index is 1.41. The minimum atomic E-state index is -4.48. The van der Waals surface area contributed by atoms with Crippen molar-refractivity contribution in [3.8, 4) is 0 Å². The van der Waals surface area contributed by atoms with Gasteiger partial charge in [0.15, 0.2) is 0 Å². The second kappa shape index (κ2) is 6.37. The van der Waals surface area contributed by atoms with Crippen LogP contribution in [0.3, 0.4) is 0 Å². The van der Waals surface area contributed by atoms with Crippen molar-refractivity contribution < 1.29 is 22.7 Å². The summed E-state index contributed by atoms with van der Waals surface area (Å²) >= 11 is 0. The highest BCUT2D eigenvalue weighted by Gasteiger charge is 2.41. The summed E-state index contributed by atoms with van der Waals surface area (Å²) in [6, 6.07) is 9.45. The largest absolute Gasteiger partial charge is 0.417 e. The minimum Gasteiger partial charge on any atom is -0.367 e. The highest BCUT2D eigenvalue weighted by Crippen LogP contribution is 2.37. The first-order valence-corrected chi connectivity index (χ1v) is 8.23. The smallest absolute Gasteiger partial charge is 0.367 e. The number of halogens is 3. The van der Waals surface area contributed by atoms with Crippen molar-refractivity contribution in [1.82, 2.24) is 10.3 Å². The van der Waals surface area contributed by atoms with E-state index >= 15 is 0 Å². The van der Waals surface area contributed by atoms with Gasteiger partial charge in [0.1, 0.15) is 5.69 Å². The van der Waals surface area contributed by atoms with Crippen molar-refractivity contribution in [3.05, 3.63) is 59.4 Å². The van der Waals surface area contributed by atoms with Gasteiger partial charge in [-0.3, -0.25) is 9.78 Å². The van der Waals surface area contributed by atoms with E-state index in [0.717, 1.165) is 30.7 Å². The third kappa shape index (κ3) is 3.30. The molecular weight excluding hydrogens is 347 g/mol. The Labute approximate surface area is 147 Å². The van der Waals surface area contributed by atoms with Crippen LogP contribution in [0, 0.1) is 0 Å². The number of ether oxygens (including phenoxy) is 1. The van der Waals surface area contributed by atoms with Crippen LogP contribution >= 0.6 is 0 Å². The van der Waals surface area contributed by atoms with E-state index in [1.807, 2.05) is 12.1 Å². The molecule has 2 fully saturated rings. The van der Waals surface area contributed by atoms with E-state index in [1.165, 1.54) is 0 Å². The first-order chi connectivity index (χ1) is 12.4. The lowest BCUT2D eigenvalue weighted by Gasteiger charge is -2.23. The van der Waals surface area contributed by atoms with Crippen LogP contribution in [0.2, 0.25) is 0 Å². The molecule has 2 aliphatic rings. The zero-order chi connectivity index (χ0) is 18.3. The Hall–Kier alpha value is -2.45. The zero-order valence-corrected chi connectivity index (χ0v) is 13.6. The number of amides is 1. The minimum absolute atomic E-state index is 0.00933. The standard InChI is InChI=1S/C18H16F3N3O2/c19-18(20,21)11-3-6-14(22-8-11)17(25)24-12-4-1-10(2-5-12)16-15-7-13(26-16)9-23-15/h1-6,8,13,15-16,23H,7,9H2,(H,24,25). The summed E-state index contributed by atoms with van der Waals surface area (Å²) in [5.41, 5.74) is 0.590. The maximum atomic E-state index is 12.5. The fourth-order valence-electron chi connectivity index (χ4n) is 3.33. The number of hydrogen-bond acceptors (Lipinski definition) is 4. The number of morpholine rings is 1. The van der Waals surface area contributed by atoms with Crippen molar-refractivity contribution in [3.63, 3.8) is 0 Å². The second-order valence-electron chi connectivity index (χ2n) is 6.44. The first kappa shape index (κ1) is 17.0. The number of rotatable bonds is 3. The van der Waals surface area contributed by atoms with Crippen molar-refractivity contribution in [2.24, 2.45) is 0 Å². The van der Waals surface area contributed by atoms with Crippen LogP contribution < -0.4 is 10.6 Å². The maximum Gasteiger partial charge on any atom is 0.417 e. The van der Waals surface area contributed by atoms with Crippen molar-refractivity contribution in [2.45, 2.75) is 30.8 Å². The molecule has 1 aromatic heterocycles. The molecule has 0 saturated carbocycles. The van der Waals surface area contributed by atoms with E-state index < -0.39 is 17.6 Å². The molecule has 5 nitrogen and oxygen atoms in total. The van der Waals surface area contributed by atoms with E-state index in [2.05, 4.69) is 15.6 Å². The monoisotopic (exact) mass is 363 g/mol. The number of pyridine rings is 1. The predicted octanol–water partition coefficient (Wildman–Crippen LogP) is 3.15. The Morgan fingerprint density at radius 1 is 1.19 bits per heavy atom. The van der Waals surface area contributed by atoms with Gasteiger partial charge in [0.25, 0.3) is 5.91 Å². The lowest BCUT2D eigenvalue weighted by atomic mass is 10.0. The number of hydrogen-bond donors (Lipinski definition) is 2. The van der Waals surface area contributed by atoms with Gasteiger partial charge in [0, 0.05) is 24.5 Å². The number of fused-ring (bicyclic) bond motifs is 2. The Morgan fingerprint density at radius 2 is 1.96 bits per heavy atom. The molecule has 0 aliphatic carbocycles. The molecule has 3 heterocycles. The van der Waals surface area contributed by atoms with Crippen molar-refractivity contribution >= 4 is 11.6 Å². The van der Waals surface area contributed by atoms with Crippen molar-refractivity contribution in [2.75, 3.05) is 11.9 Å². The predicted molar refractivity (Wildman–Crippen MR) is 87.7 cm³/mol. The molecule has 2 bridgehead atoms. The Kier molecular flexibility index (Phi) is 4.16. The lowest BCUT2D eigenvalue weighted by molar-refractivity contribution is -0.137. The number of nitrogens with one attached hydrogen (secondary N) is 2. The summed E-state index contributed by atoms with van der Waals surface area (Å²) < 4.78 is 43.5. The van der Waals surface area contributed by atoms with Gasteiger partial charge in [-0.25, -0.2) is 0 Å². The molecule has 0 radical (unpaired) electrons. The van der Waals surface area contributed by atoms with Gasteiger partial charge in [-0.2, -0.15) is 13.2 Å². The number of benzene rings is 1. The van der Waals surface area contributed by atoms with Crippen LogP contribution in [0.15, 0.2) is 42.6 Å². The third-order valence-electron chi connectivity index (χ3n) is 4.65. The summed E-state index contributed by atoms with van der Waals surface area (Å²) in [5.74, 6) is -0.565. The fraction of sp³-hybridized carbons (Fsp3) is 0.333. The Morgan fingerprint density at radius 3 is 2.50 bits per heavy atom. The molecule has 26 heavy (non-hydrogen) atoms. The molecule has 1 amide bonds. The van der Waals surface area contributed by atoms with E-state index in [-0.39, 0.29) is 17.9 Å². The molecule has 2 aliphatic heterocycles. The molecule has 2 aromatic rings. The highest BCUT2D eigenvalue weighted by atomic mass is 19.4. The SMILES string of the molecule is O=C(Nc1ccc(C2OC3CNC2C3)cc1)c1ccc(C(F)(F)F)cn1. The Bertz CT molecular complexity index is 806. The molecule has 8 heteroatoms. The first-order valence-electron chi connectivity index (χ1n) is 8.23. The van der Waals surface area contributed by atoms with Crippen LogP contribution in [-0.2, 0) is 10.9 Å². The fourth-order valence-corrected chi connectivity index (χ4v) is 3.33. The second-order valence-corrected chi connectivity index (χ2v) is 6.44. The molecular formula is C18H16F3N3O2. The summed E-state index contributed by atoms with van der Waals surface area (Å²) in [7, 11) is 0. The number of alkyl halides is 3.